The summed E-state index contributed by atoms with van der Waals surface area (Å²) in [6, 6.07) is 4.35. The summed E-state index contributed by atoms with van der Waals surface area (Å²) in [7, 11) is 0. The van der Waals surface area contributed by atoms with Crippen molar-refractivity contribution in [2.24, 2.45) is 10.7 Å². The van der Waals surface area contributed by atoms with Crippen LogP contribution in [0, 0.1) is 5.82 Å². The van der Waals surface area contributed by atoms with E-state index in [1.165, 1.54) is 18.2 Å². The molecule has 1 heterocycles. The fourth-order valence-corrected chi connectivity index (χ4v) is 2.08. The molecular formula is C10H6ClFN2OS. The predicted molar refractivity (Wildman–Crippen MR) is 64.0 cm³/mol. The molecule has 0 aliphatic carbocycles. The van der Waals surface area contributed by atoms with Crippen LogP contribution >= 0.6 is 23.4 Å². The van der Waals surface area contributed by atoms with Gasteiger partial charge in [0.05, 0.1) is 9.93 Å². The van der Waals surface area contributed by atoms with Crippen LogP contribution in [0.1, 0.15) is 5.56 Å². The maximum Gasteiger partial charge on any atom is 0.311 e. The Hall–Kier alpha value is -1.33. The van der Waals surface area contributed by atoms with Crippen molar-refractivity contribution in [1.82, 2.24) is 0 Å². The third-order valence-electron chi connectivity index (χ3n) is 1.94. The van der Waals surface area contributed by atoms with Crippen LogP contribution in [0.3, 0.4) is 0 Å². The second kappa shape index (κ2) is 4.27. The Morgan fingerprint density at radius 1 is 1.50 bits per heavy atom. The fraction of sp³-hybridized carbons (Fsp3) is 0. The molecular weight excluding hydrogens is 251 g/mol. The average molecular weight is 257 g/mol. The summed E-state index contributed by atoms with van der Waals surface area (Å²) in [5.74, 6) is -0.373. The molecule has 0 atom stereocenters. The number of benzene rings is 1. The summed E-state index contributed by atoms with van der Waals surface area (Å²) in [6.45, 7) is 0. The average Bonchev–Trinajstić information content (AvgIpc) is 2.51. The van der Waals surface area contributed by atoms with Gasteiger partial charge >= 0.3 is 5.24 Å². The number of carbonyl (C=O) groups excluding carboxylic acids is 1. The van der Waals surface area contributed by atoms with E-state index in [9.17, 15) is 9.18 Å². The normalized spacial score (nSPS) is 18.0. The number of amides is 1. The van der Waals surface area contributed by atoms with Gasteiger partial charge in [-0.3, -0.25) is 4.79 Å². The molecule has 0 saturated heterocycles. The molecule has 1 aromatic carbocycles. The van der Waals surface area contributed by atoms with Gasteiger partial charge in [-0.05, 0) is 30.0 Å². The molecule has 0 unspecified atom stereocenters. The van der Waals surface area contributed by atoms with E-state index in [1.54, 1.807) is 6.07 Å². The van der Waals surface area contributed by atoms with Crippen molar-refractivity contribution < 1.29 is 9.18 Å². The van der Waals surface area contributed by atoms with Crippen molar-refractivity contribution in [3.63, 3.8) is 0 Å². The van der Waals surface area contributed by atoms with E-state index < -0.39 is 11.1 Å². The quantitative estimate of drug-likeness (QED) is 0.840. The Morgan fingerprint density at radius 3 is 2.81 bits per heavy atom. The van der Waals surface area contributed by atoms with E-state index in [2.05, 4.69) is 4.99 Å². The number of halogens is 2. The van der Waals surface area contributed by atoms with E-state index in [1.807, 2.05) is 0 Å². The largest absolute Gasteiger partial charge is 0.383 e. The minimum absolute atomic E-state index is 0.0920. The molecule has 0 aromatic heterocycles. The van der Waals surface area contributed by atoms with Crippen LogP contribution in [0.5, 0.6) is 0 Å². The molecule has 1 aliphatic rings. The first-order chi connectivity index (χ1) is 7.58. The molecule has 6 heteroatoms. The number of nitrogens with zero attached hydrogens (tertiary/aromatic N) is 1. The van der Waals surface area contributed by atoms with Crippen molar-refractivity contribution in [2.75, 3.05) is 0 Å². The summed E-state index contributed by atoms with van der Waals surface area (Å²) in [4.78, 5) is 14.9. The van der Waals surface area contributed by atoms with E-state index >= 15 is 0 Å². The number of amidine groups is 1. The van der Waals surface area contributed by atoms with E-state index in [4.69, 9.17) is 17.3 Å². The number of thioether (sulfide) groups is 1. The lowest BCUT2D eigenvalue weighted by Crippen LogP contribution is -2.09. The van der Waals surface area contributed by atoms with Gasteiger partial charge in [0.2, 0.25) is 0 Å². The molecule has 1 aliphatic heterocycles. The number of carbonyl (C=O) groups is 1. The summed E-state index contributed by atoms with van der Waals surface area (Å²) in [6.07, 6.45) is 1.42. The van der Waals surface area contributed by atoms with Crippen LogP contribution in [-0.2, 0) is 0 Å². The molecule has 0 radical (unpaired) electrons. The third-order valence-corrected chi connectivity index (χ3v) is 3.08. The second-order valence-corrected chi connectivity index (χ2v) is 4.41. The highest BCUT2D eigenvalue weighted by Gasteiger charge is 2.19. The minimum atomic E-state index is -0.465. The highest BCUT2D eigenvalue weighted by atomic mass is 35.5. The topological polar surface area (TPSA) is 55.4 Å². The Bertz CT molecular complexity index is 507. The van der Waals surface area contributed by atoms with Crippen molar-refractivity contribution in [1.29, 1.82) is 0 Å². The molecule has 0 bridgehead atoms. The summed E-state index contributed by atoms with van der Waals surface area (Å²) < 4.78 is 13.4. The lowest BCUT2D eigenvalue weighted by molar-refractivity contribution is 0.268. The van der Waals surface area contributed by atoms with Crippen LogP contribution in [-0.4, -0.2) is 11.1 Å². The van der Waals surface area contributed by atoms with Crippen molar-refractivity contribution in [3.05, 3.63) is 39.5 Å². The van der Waals surface area contributed by atoms with Crippen LogP contribution in [0.25, 0.3) is 6.08 Å². The van der Waals surface area contributed by atoms with Crippen LogP contribution in [0.2, 0.25) is 5.02 Å². The van der Waals surface area contributed by atoms with Gasteiger partial charge in [0.15, 0.2) is 0 Å². The lowest BCUT2D eigenvalue weighted by Gasteiger charge is -2.01. The van der Waals surface area contributed by atoms with Crippen LogP contribution in [0.15, 0.2) is 28.1 Å². The van der Waals surface area contributed by atoms with Crippen LogP contribution < -0.4 is 5.73 Å². The Kier molecular flexibility index (Phi) is 2.98. The fourth-order valence-electron chi connectivity index (χ4n) is 1.21. The van der Waals surface area contributed by atoms with Gasteiger partial charge in [0.25, 0.3) is 0 Å². The van der Waals surface area contributed by atoms with Crippen LogP contribution in [0.4, 0.5) is 9.18 Å². The highest BCUT2D eigenvalue weighted by molar-refractivity contribution is 8.18. The second-order valence-electron chi connectivity index (χ2n) is 3.01. The van der Waals surface area contributed by atoms with Gasteiger partial charge in [-0.25, -0.2) is 4.39 Å². The van der Waals surface area contributed by atoms with E-state index in [0.717, 1.165) is 11.8 Å². The number of rotatable bonds is 1. The maximum absolute atomic E-state index is 13.4. The number of hydrogen-bond acceptors (Lipinski definition) is 3. The predicted octanol–water partition coefficient (Wildman–Crippen LogP) is 3.04. The van der Waals surface area contributed by atoms with E-state index in [0.29, 0.717) is 4.91 Å². The third kappa shape index (κ3) is 2.10. The molecule has 0 spiro atoms. The SMILES string of the molecule is NC1=NC(=O)S/C1=C\c1c(F)cccc1Cl. The standard InChI is InChI=1S/C10H6ClFN2OS/c11-6-2-1-3-7(12)5(6)4-8-9(13)14-10(15)16-8/h1-4H,(H2,13,14,15)/b8-4-. The summed E-state index contributed by atoms with van der Waals surface area (Å²) in [5.41, 5.74) is 5.70. The van der Waals surface area contributed by atoms with Gasteiger partial charge in [-0.2, -0.15) is 4.99 Å². The number of aliphatic imine (C=N–C) groups is 1. The van der Waals surface area contributed by atoms with Crippen molar-refractivity contribution in [3.8, 4) is 0 Å². The summed E-state index contributed by atoms with van der Waals surface area (Å²) >= 11 is 6.69. The van der Waals surface area contributed by atoms with Crippen molar-refractivity contribution in [2.45, 2.75) is 0 Å². The first-order valence-corrected chi connectivity index (χ1v) is 5.49. The first kappa shape index (κ1) is 11.2. The molecule has 82 valence electrons. The number of hydrogen-bond donors (Lipinski definition) is 1. The van der Waals surface area contributed by atoms with Gasteiger partial charge in [-0.15, -0.1) is 0 Å². The van der Waals surface area contributed by atoms with Crippen molar-refractivity contribution >= 4 is 40.5 Å². The minimum Gasteiger partial charge on any atom is -0.383 e. The van der Waals surface area contributed by atoms with Gasteiger partial charge < -0.3 is 5.73 Å². The highest BCUT2D eigenvalue weighted by Crippen LogP contribution is 2.30. The Morgan fingerprint density at radius 2 is 2.25 bits per heavy atom. The molecule has 0 fully saturated rings. The maximum atomic E-state index is 13.4. The molecule has 1 aromatic rings. The Labute approximate surface area is 100 Å². The smallest absolute Gasteiger partial charge is 0.311 e. The molecule has 2 N–H and O–H groups in total. The van der Waals surface area contributed by atoms with Gasteiger partial charge in [-0.1, -0.05) is 17.7 Å². The molecule has 16 heavy (non-hydrogen) atoms. The zero-order valence-corrected chi connectivity index (χ0v) is 9.48. The zero-order chi connectivity index (χ0) is 11.7. The monoisotopic (exact) mass is 256 g/mol. The molecule has 3 nitrogen and oxygen atoms in total. The zero-order valence-electron chi connectivity index (χ0n) is 7.91. The lowest BCUT2D eigenvalue weighted by atomic mass is 10.2. The Balaban J connectivity index is 2.45. The van der Waals surface area contributed by atoms with Gasteiger partial charge in [0.1, 0.15) is 11.7 Å². The number of nitrogens with two attached hydrogens (primary N) is 1. The molecule has 2 rings (SSSR count). The molecule has 1 amide bonds. The summed E-state index contributed by atoms with van der Waals surface area (Å²) in [5, 5.41) is -0.142. The molecule has 0 saturated carbocycles. The van der Waals surface area contributed by atoms with E-state index in [-0.39, 0.29) is 16.4 Å². The first-order valence-electron chi connectivity index (χ1n) is 4.30. The van der Waals surface area contributed by atoms with Gasteiger partial charge in [0, 0.05) is 5.56 Å².